The summed E-state index contributed by atoms with van der Waals surface area (Å²) in [4.78, 5) is 22.1. The molecule has 0 atom stereocenters. The summed E-state index contributed by atoms with van der Waals surface area (Å²) in [6, 6.07) is 19.3. The van der Waals surface area contributed by atoms with Gasteiger partial charge in [0.05, 0.1) is 29.5 Å². The number of rotatable bonds is 5. The lowest BCUT2D eigenvalue weighted by Crippen LogP contribution is -2.14. The van der Waals surface area contributed by atoms with Gasteiger partial charge in [-0.3, -0.25) is 14.8 Å². The number of hydrogen-bond donors (Lipinski definition) is 1. The van der Waals surface area contributed by atoms with Crippen LogP contribution in [0.4, 0.5) is 5.95 Å². The average molecular weight is 409 g/mol. The maximum atomic E-state index is 13.1. The maximum absolute atomic E-state index is 13.1. The Kier molecular flexibility index (Phi) is 4.72. The molecule has 0 aliphatic heterocycles. The molecule has 152 valence electrons. The molecule has 8 nitrogen and oxygen atoms in total. The number of carbonyl (C=O) groups is 1. The van der Waals surface area contributed by atoms with E-state index in [0.717, 1.165) is 22.0 Å². The van der Waals surface area contributed by atoms with E-state index in [4.69, 9.17) is 4.98 Å². The van der Waals surface area contributed by atoms with Gasteiger partial charge in [-0.15, -0.1) is 5.10 Å². The molecule has 3 aromatic heterocycles. The van der Waals surface area contributed by atoms with Crippen molar-refractivity contribution in [3.05, 3.63) is 90.5 Å². The minimum atomic E-state index is -0.291. The molecule has 8 heteroatoms. The van der Waals surface area contributed by atoms with E-state index in [1.807, 2.05) is 67.8 Å². The Labute approximate surface area is 178 Å². The lowest BCUT2D eigenvalue weighted by Gasteiger charge is -2.08. The van der Waals surface area contributed by atoms with Crippen molar-refractivity contribution in [3.8, 4) is 11.3 Å². The predicted molar refractivity (Wildman–Crippen MR) is 117 cm³/mol. The molecule has 0 radical (unpaired) electrons. The second-order valence-corrected chi connectivity index (χ2v) is 7.18. The monoisotopic (exact) mass is 409 g/mol. The smallest absolute Gasteiger partial charge is 0.258 e. The fraction of sp³-hybridized carbons (Fsp3) is 0.0870. The van der Waals surface area contributed by atoms with E-state index in [1.165, 1.54) is 0 Å². The third-order valence-electron chi connectivity index (χ3n) is 4.91. The third kappa shape index (κ3) is 3.91. The number of nitrogens with zero attached hydrogens (tertiary/aromatic N) is 6. The van der Waals surface area contributed by atoms with Gasteiger partial charge in [-0.2, -0.15) is 5.10 Å². The van der Waals surface area contributed by atoms with Gasteiger partial charge in [0.25, 0.3) is 5.91 Å². The van der Waals surface area contributed by atoms with Crippen LogP contribution in [0.2, 0.25) is 0 Å². The van der Waals surface area contributed by atoms with E-state index in [1.54, 1.807) is 28.0 Å². The van der Waals surface area contributed by atoms with Crippen LogP contribution in [0.1, 0.15) is 15.9 Å². The molecule has 0 saturated carbocycles. The van der Waals surface area contributed by atoms with Crippen molar-refractivity contribution in [2.75, 3.05) is 5.32 Å². The number of aromatic nitrogens is 6. The molecule has 31 heavy (non-hydrogen) atoms. The van der Waals surface area contributed by atoms with Crippen LogP contribution in [0.5, 0.6) is 0 Å². The number of hydrogen-bond acceptors (Lipinski definition) is 5. The van der Waals surface area contributed by atoms with E-state index in [-0.39, 0.29) is 11.9 Å². The molecule has 0 saturated heterocycles. The minimum Gasteiger partial charge on any atom is -0.289 e. The largest absolute Gasteiger partial charge is 0.289 e. The Morgan fingerprint density at radius 3 is 2.68 bits per heavy atom. The van der Waals surface area contributed by atoms with E-state index >= 15 is 0 Å². The Morgan fingerprint density at radius 2 is 1.87 bits per heavy atom. The summed E-state index contributed by atoms with van der Waals surface area (Å²) in [5.41, 5.74) is 3.86. The zero-order valence-corrected chi connectivity index (χ0v) is 16.8. The number of pyridine rings is 1. The van der Waals surface area contributed by atoms with Gasteiger partial charge in [0.15, 0.2) is 0 Å². The molecule has 1 amide bonds. The molecule has 0 fully saturated rings. The Morgan fingerprint density at radius 1 is 1.06 bits per heavy atom. The normalized spacial score (nSPS) is 11.0. The molecule has 0 bridgehead atoms. The molecular weight excluding hydrogens is 390 g/mol. The zero-order chi connectivity index (χ0) is 21.2. The van der Waals surface area contributed by atoms with Gasteiger partial charge in [0.2, 0.25) is 5.95 Å². The highest BCUT2D eigenvalue weighted by Crippen LogP contribution is 2.25. The van der Waals surface area contributed by atoms with Crippen LogP contribution >= 0.6 is 0 Å². The molecule has 0 aliphatic carbocycles. The van der Waals surface area contributed by atoms with Crippen LogP contribution < -0.4 is 5.32 Å². The Balaban J connectivity index is 1.44. The van der Waals surface area contributed by atoms with E-state index in [2.05, 4.69) is 20.5 Å². The van der Waals surface area contributed by atoms with Gasteiger partial charge < -0.3 is 0 Å². The molecule has 0 aliphatic rings. The van der Waals surface area contributed by atoms with Gasteiger partial charge in [-0.05, 0) is 17.7 Å². The van der Waals surface area contributed by atoms with Gasteiger partial charge >= 0.3 is 0 Å². The maximum Gasteiger partial charge on any atom is 0.258 e. The van der Waals surface area contributed by atoms with Crippen LogP contribution in [-0.2, 0) is 13.6 Å². The van der Waals surface area contributed by atoms with Crippen molar-refractivity contribution in [2.24, 2.45) is 7.05 Å². The number of benzene rings is 2. The highest BCUT2D eigenvalue weighted by molar-refractivity contribution is 6.12. The first-order valence-electron chi connectivity index (χ1n) is 9.79. The van der Waals surface area contributed by atoms with Crippen LogP contribution in [0.3, 0.4) is 0 Å². The zero-order valence-electron chi connectivity index (χ0n) is 16.8. The molecule has 5 rings (SSSR count). The SMILES string of the molecule is Cn1cc(-c2cc(C(=O)Nc3ncn(Cc4ccccc4)n3)c3ccccc3n2)cn1. The summed E-state index contributed by atoms with van der Waals surface area (Å²) >= 11 is 0. The highest BCUT2D eigenvalue weighted by atomic mass is 16.1. The molecule has 0 spiro atoms. The van der Waals surface area contributed by atoms with Gasteiger partial charge in [0, 0.05) is 24.2 Å². The summed E-state index contributed by atoms with van der Waals surface area (Å²) in [5.74, 6) is -0.0362. The number of fused-ring (bicyclic) bond motifs is 1. The van der Waals surface area contributed by atoms with Gasteiger partial charge in [-0.1, -0.05) is 48.5 Å². The third-order valence-corrected chi connectivity index (χ3v) is 4.91. The first-order chi connectivity index (χ1) is 15.2. The molecule has 2 aromatic carbocycles. The first-order valence-corrected chi connectivity index (χ1v) is 9.79. The number of para-hydroxylation sites is 1. The standard InChI is InChI=1S/C23H19N7O/c1-29-14-17(12-25-29)21-11-19(18-9-5-6-10-20(18)26-21)22(31)27-23-24-15-30(28-23)13-16-7-3-2-4-8-16/h2-12,14-15H,13H2,1H3,(H,27,28,31). The number of amides is 1. The average Bonchev–Trinajstić information content (AvgIpc) is 3.42. The highest BCUT2D eigenvalue weighted by Gasteiger charge is 2.16. The lowest BCUT2D eigenvalue weighted by molar-refractivity contribution is 0.102. The van der Waals surface area contributed by atoms with E-state index in [0.29, 0.717) is 17.8 Å². The molecule has 3 heterocycles. The topological polar surface area (TPSA) is 90.5 Å². The van der Waals surface area contributed by atoms with Gasteiger partial charge in [-0.25, -0.2) is 14.6 Å². The minimum absolute atomic E-state index is 0.254. The molecular formula is C23H19N7O. The van der Waals surface area contributed by atoms with Crippen molar-refractivity contribution in [3.63, 3.8) is 0 Å². The van der Waals surface area contributed by atoms with Crippen LogP contribution in [-0.4, -0.2) is 35.4 Å². The quantitative estimate of drug-likeness (QED) is 0.480. The van der Waals surface area contributed by atoms with Crippen molar-refractivity contribution >= 4 is 22.8 Å². The summed E-state index contributed by atoms with van der Waals surface area (Å²) in [5, 5.41) is 12.2. The van der Waals surface area contributed by atoms with Crippen LogP contribution in [0, 0.1) is 0 Å². The lowest BCUT2D eigenvalue weighted by atomic mass is 10.1. The molecule has 0 unspecified atom stereocenters. The Hall–Kier alpha value is -4.33. The predicted octanol–water partition coefficient (Wildman–Crippen LogP) is 3.53. The van der Waals surface area contributed by atoms with Crippen molar-refractivity contribution in [1.29, 1.82) is 0 Å². The summed E-state index contributed by atoms with van der Waals surface area (Å²) in [6.07, 6.45) is 5.20. The van der Waals surface area contributed by atoms with Crippen LogP contribution in [0.15, 0.2) is 79.4 Å². The number of nitrogens with one attached hydrogen (secondary N) is 1. The fourth-order valence-electron chi connectivity index (χ4n) is 3.43. The summed E-state index contributed by atoms with van der Waals surface area (Å²) in [6.45, 7) is 0.576. The Bertz CT molecular complexity index is 1370. The number of anilines is 1. The number of aryl methyl sites for hydroxylation is 1. The van der Waals surface area contributed by atoms with Crippen LogP contribution in [0.25, 0.3) is 22.2 Å². The van der Waals surface area contributed by atoms with Crippen molar-refractivity contribution in [1.82, 2.24) is 29.5 Å². The summed E-state index contributed by atoms with van der Waals surface area (Å²) < 4.78 is 3.39. The van der Waals surface area contributed by atoms with E-state index < -0.39 is 0 Å². The fourth-order valence-corrected chi connectivity index (χ4v) is 3.43. The number of carbonyl (C=O) groups excluding carboxylic acids is 1. The molecule has 5 aromatic rings. The summed E-state index contributed by atoms with van der Waals surface area (Å²) in [7, 11) is 1.84. The van der Waals surface area contributed by atoms with Gasteiger partial charge in [0.1, 0.15) is 6.33 Å². The molecule has 1 N–H and O–H groups in total. The van der Waals surface area contributed by atoms with Crippen molar-refractivity contribution < 1.29 is 4.79 Å². The van der Waals surface area contributed by atoms with Crippen molar-refractivity contribution in [2.45, 2.75) is 6.54 Å². The second-order valence-electron chi connectivity index (χ2n) is 7.18. The van der Waals surface area contributed by atoms with E-state index in [9.17, 15) is 4.79 Å². The second kappa shape index (κ2) is 7.83. The first kappa shape index (κ1) is 18.7.